The maximum absolute atomic E-state index is 12.6. The van der Waals surface area contributed by atoms with Gasteiger partial charge in [0.2, 0.25) is 11.4 Å². The highest BCUT2D eigenvalue weighted by Gasteiger charge is 2.33. The van der Waals surface area contributed by atoms with Gasteiger partial charge in [-0.15, -0.1) is 0 Å². The van der Waals surface area contributed by atoms with Crippen LogP contribution in [0.2, 0.25) is 0 Å². The van der Waals surface area contributed by atoms with Crippen LogP contribution in [0, 0.1) is 6.92 Å². The van der Waals surface area contributed by atoms with Crippen molar-refractivity contribution in [2.45, 2.75) is 25.8 Å². The Bertz CT molecular complexity index is 734. The summed E-state index contributed by atoms with van der Waals surface area (Å²) in [5.41, 5.74) is 0.350. The van der Waals surface area contributed by atoms with E-state index in [4.69, 9.17) is 4.52 Å². The van der Waals surface area contributed by atoms with Crippen molar-refractivity contribution >= 4 is 5.91 Å². The van der Waals surface area contributed by atoms with Gasteiger partial charge < -0.3 is 14.0 Å². The van der Waals surface area contributed by atoms with E-state index < -0.39 is 0 Å². The summed E-state index contributed by atoms with van der Waals surface area (Å²) < 4.78 is 6.40. The highest BCUT2D eigenvalue weighted by Crippen LogP contribution is 2.31. The number of pyridine rings is 1. The molecule has 0 bridgehead atoms. The molecule has 1 aliphatic heterocycles. The lowest BCUT2D eigenvalue weighted by Gasteiger charge is -2.22. The zero-order chi connectivity index (χ0) is 15.0. The Hall–Kier alpha value is -2.44. The molecule has 3 rings (SSSR count). The summed E-state index contributed by atoms with van der Waals surface area (Å²) in [5, 5.41) is 3.92. The van der Waals surface area contributed by atoms with Crippen molar-refractivity contribution < 1.29 is 9.32 Å². The number of amides is 1. The highest BCUT2D eigenvalue weighted by atomic mass is 16.5. The summed E-state index contributed by atoms with van der Waals surface area (Å²) in [6, 6.07) is 2.80. The molecule has 1 saturated heterocycles. The number of hydrogen-bond donors (Lipinski definition) is 0. The fourth-order valence-corrected chi connectivity index (χ4v) is 2.61. The molecule has 0 saturated carbocycles. The van der Waals surface area contributed by atoms with E-state index in [1.807, 2.05) is 0 Å². The van der Waals surface area contributed by atoms with Gasteiger partial charge in [-0.05, 0) is 18.9 Å². The van der Waals surface area contributed by atoms with Gasteiger partial charge in [-0.1, -0.05) is 5.16 Å². The van der Waals surface area contributed by atoms with E-state index in [0.717, 1.165) is 12.8 Å². The first kappa shape index (κ1) is 13.5. The summed E-state index contributed by atoms with van der Waals surface area (Å²) in [4.78, 5) is 30.0. The number of nitrogens with zero attached hydrogens (tertiary/aromatic N) is 4. The number of rotatable bonds is 2. The largest absolute Gasteiger partial charge is 0.340 e. The second-order valence-electron chi connectivity index (χ2n) is 5.20. The Balaban J connectivity index is 1.89. The average molecular weight is 288 g/mol. The number of aromatic nitrogens is 3. The van der Waals surface area contributed by atoms with E-state index in [-0.39, 0.29) is 17.5 Å². The van der Waals surface area contributed by atoms with Gasteiger partial charge in [-0.25, -0.2) is 0 Å². The van der Waals surface area contributed by atoms with Crippen LogP contribution in [0.1, 0.15) is 41.0 Å². The molecule has 3 heterocycles. The number of carbonyl (C=O) groups excluding carboxylic acids is 1. The summed E-state index contributed by atoms with van der Waals surface area (Å²) in [5.74, 6) is 0.921. The van der Waals surface area contributed by atoms with Crippen LogP contribution in [0.15, 0.2) is 27.6 Å². The summed E-state index contributed by atoms with van der Waals surface area (Å²) >= 11 is 0. The predicted octanol–water partition coefficient (Wildman–Crippen LogP) is 1.05. The second kappa shape index (κ2) is 5.16. The van der Waals surface area contributed by atoms with Gasteiger partial charge in [0.25, 0.3) is 5.91 Å². The molecular formula is C14H16N4O3. The number of likely N-dealkylation sites (tertiary alicyclic amines) is 1. The van der Waals surface area contributed by atoms with Crippen LogP contribution < -0.4 is 5.56 Å². The minimum Gasteiger partial charge on any atom is -0.340 e. The Morgan fingerprint density at radius 1 is 1.43 bits per heavy atom. The van der Waals surface area contributed by atoms with E-state index >= 15 is 0 Å². The van der Waals surface area contributed by atoms with Crippen LogP contribution in [0.3, 0.4) is 0 Å². The third-order valence-electron chi connectivity index (χ3n) is 3.69. The third kappa shape index (κ3) is 2.46. The quantitative estimate of drug-likeness (QED) is 0.825. The number of carbonyl (C=O) groups is 1. The van der Waals surface area contributed by atoms with Gasteiger partial charge in [-0.3, -0.25) is 9.59 Å². The van der Waals surface area contributed by atoms with Crippen molar-refractivity contribution in [3.63, 3.8) is 0 Å². The topological polar surface area (TPSA) is 81.2 Å². The SMILES string of the molecule is Cc1nc(C2CCCN2C(=O)c2ccc(=O)n(C)c2)no1. The maximum atomic E-state index is 12.6. The number of aryl methyl sites for hydroxylation is 2. The van der Waals surface area contributed by atoms with Crippen molar-refractivity contribution in [1.82, 2.24) is 19.6 Å². The molecule has 21 heavy (non-hydrogen) atoms. The standard InChI is InChI=1S/C14H16N4O3/c1-9-15-13(16-21-9)11-4-3-7-18(11)14(20)10-5-6-12(19)17(2)8-10/h5-6,8,11H,3-4,7H2,1-2H3. The molecule has 1 amide bonds. The molecule has 7 nitrogen and oxygen atoms in total. The smallest absolute Gasteiger partial charge is 0.255 e. The normalized spacial score (nSPS) is 18.2. The van der Waals surface area contributed by atoms with Crippen molar-refractivity contribution in [1.29, 1.82) is 0 Å². The van der Waals surface area contributed by atoms with Gasteiger partial charge >= 0.3 is 0 Å². The fraction of sp³-hybridized carbons (Fsp3) is 0.429. The van der Waals surface area contributed by atoms with Crippen LogP contribution in [0.4, 0.5) is 0 Å². The van der Waals surface area contributed by atoms with Crippen LogP contribution in [-0.2, 0) is 7.05 Å². The first-order valence-corrected chi connectivity index (χ1v) is 6.84. The number of hydrogen-bond acceptors (Lipinski definition) is 5. The van der Waals surface area contributed by atoms with E-state index in [1.165, 1.54) is 10.6 Å². The van der Waals surface area contributed by atoms with E-state index in [1.54, 1.807) is 31.1 Å². The Morgan fingerprint density at radius 3 is 2.90 bits per heavy atom. The lowest BCUT2D eigenvalue weighted by molar-refractivity contribution is 0.0727. The highest BCUT2D eigenvalue weighted by molar-refractivity contribution is 5.94. The van der Waals surface area contributed by atoms with Gasteiger partial charge in [0.05, 0.1) is 11.6 Å². The molecule has 0 spiro atoms. The predicted molar refractivity (Wildman–Crippen MR) is 73.7 cm³/mol. The summed E-state index contributed by atoms with van der Waals surface area (Å²) in [7, 11) is 1.63. The lowest BCUT2D eigenvalue weighted by atomic mass is 10.2. The zero-order valence-electron chi connectivity index (χ0n) is 11.9. The van der Waals surface area contributed by atoms with Gasteiger partial charge in [0, 0.05) is 32.8 Å². The summed E-state index contributed by atoms with van der Waals surface area (Å²) in [6.07, 6.45) is 3.27. The molecule has 1 atom stereocenters. The van der Waals surface area contributed by atoms with Gasteiger partial charge in [0.15, 0.2) is 5.82 Å². The molecule has 0 aliphatic carbocycles. The molecule has 2 aromatic rings. The van der Waals surface area contributed by atoms with Crippen molar-refractivity contribution in [2.75, 3.05) is 6.54 Å². The van der Waals surface area contributed by atoms with Crippen LogP contribution in [-0.4, -0.2) is 32.1 Å². The zero-order valence-corrected chi connectivity index (χ0v) is 11.9. The van der Waals surface area contributed by atoms with Crippen molar-refractivity contribution in [3.05, 3.63) is 46.0 Å². The summed E-state index contributed by atoms with van der Waals surface area (Å²) in [6.45, 7) is 2.38. The molecular weight excluding hydrogens is 272 g/mol. The van der Waals surface area contributed by atoms with Crippen LogP contribution in [0.5, 0.6) is 0 Å². The molecule has 110 valence electrons. The van der Waals surface area contributed by atoms with Crippen LogP contribution >= 0.6 is 0 Å². The molecule has 0 N–H and O–H groups in total. The molecule has 1 fully saturated rings. The molecule has 0 radical (unpaired) electrons. The molecule has 2 aromatic heterocycles. The van der Waals surface area contributed by atoms with Crippen molar-refractivity contribution in [3.8, 4) is 0 Å². The first-order chi connectivity index (χ1) is 10.1. The first-order valence-electron chi connectivity index (χ1n) is 6.84. The van der Waals surface area contributed by atoms with Crippen molar-refractivity contribution in [2.24, 2.45) is 7.05 Å². The Kier molecular flexibility index (Phi) is 3.32. The lowest BCUT2D eigenvalue weighted by Crippen LogP contribution is -2.32. The maximum Gasteiger partial charge on any atom is 0.255 e. The fourth-order valence-electron chi connectivity index (χ4n) is 2.61. The van der Waals surface area contributed by atoms with Crippen LogP contribution in [0.25, 0.3) is 0 Å². The third-order valence-corrected chi connectivity index (χ3v) is 3.69. The Labute approximate surface area is 121 Å². The van der Waals surface area contributed by atoms with E-state index in [0.29, 0.717) is 23.8 Å². The molecule has 7 heteroatoms. The molecule has 1 unspecified atom stereocenters. The Morgan fingerprint density at radius 2 is 2.24 bits per heavy atom. The molecule has 1 aliphatic rings. The van der Waals surface area contributed by atoms with E-state index in [9.17, 15) is 9.59 Å². The van der Waals surface area contributed by atoms with Gasteiger partial charge in [-0.2, -0.15) is 4.98 Å². The van der Waals surface area contributed by atoms with E-state index in [2.05, 4.69) is 10.1 Å². The second-order valence-corrected chi connectivity index (χ2v) is 5.20. The average Bonchev–Trinajstić information content (AvgIpc) is 3.09. The molecule has 0 aromatic carbocycles. The van der Waals surface area contributed by atoms with Gasteiger partial charge in [0.1, 0.15) is 0 Å². The minimum absolute atomic E-state index is 0.115. The minimum atomic E-state index is -0.160. The monoisotopic (exact) mass is 288 g/mol.